The molecule has 1 saturated carbocycles. The summed E-state index contributed by atoms with van der Waals surface area (Å²) in [5, 5.41) is 1.18. The highest BCUT2D eigenvalue weighted by molar-refractivity contribution is 7.18. The maximum absolute atomic E-state index is 6.31. The van der Waals surface area contributed by atoms with E-state index in [0.29, 0.717) is 6.04 Å². The largest absolute Gasteiger partial charge is 0.354 e. The molecule has 1 fully saturated rings. The molecular weight excluding hydrogens is 268 g/mol. The summed E-state index contributed by atoms with van der Waals surface area (Å²) in [6.45, 7) is 2.18. The van der Waals surface area contributed by atoms with Crippen LogP contribution in [0.3, 0.4) is 0 Å². The van der Waals surface area contributed by atoms with Gasteiger partial charge in [0, 0.05) is 24.0 Å². The summed E-state index contributed by atoms with van der Waals surface area (Å²) in [6.07, 6.45) is 7.52. The predicted molar refractivity (Wildman–Crippen MR) is 85.4 cm³/mol. The van der Waals surface area contributed by atoms with Gasteiger partial charge in [-0.15, -0.1) is 11.3 Å². The highest BCUT2D eigenvalue weighted by atomic mass is 32.1. The van der Waals surface area contributed by atoms with Crippen LogP contribution in [0, 0.1) is 0 Å². The van der Waals surface area contributed by atoms with Gasteiger partial charge in [-0.2, -0.15) is 0 Å². The van der Waals surface area contributed by atoms with E-state index < -0.39 is 0 Å². The molecule has 1 aliphatic carbocycles. The van der Waals surface area contributed by atoms with Crippen LogP contribution in [0.5, 0.6) is 0 Å². The van der Waals surface area contributed by atoms with Gasteiger partial charge < -0.3 is 10.6 Å². The number of hydrogen-bond acceptors (Lipinski definition) is 5. The van der Waals surface area contributed by atoms with Crippen molar-refractivity contribution in [3.8, 4) is 0 Å². The maximum Gasteiger partial charge on any atom is 0.140 e. The Morgan fingerprint density at radius 2 is 2.15 bits per heavy atom. The molecule has 0 saturated heterocycles. The number of hydrogen-bond donors (Lipinski definition) is 1. The van der Waals surface area contributed by atoms with E-state index in [9.17, 15) is 0 Å². The lowest BCUT2D eigenvalue weighted by atomic mass is 9.90. The van der Waals surface area contributed by atoms with Gasteiger partial charge in [0.25, 0.3) is 0 Å². The first-order valence-electron chi connectivity index (χ1n) is 7.42. The molecule has 0 radical (unpaired) electrons. The first kappa shape index (κ1) is 13.8. The molecule has 0 bridgehead atoms. The maximum atomic E-state index is 6.31. The standard InChI is InChI=1S/C15H22N4S/c1-3-10-8-11-14(17-9-18-15(11)20-10)19(2)13-7-5-4-6-12(13)16/h8-9,12-13H,3-7,16H2,1-2H3. The number of nitrogens with zero attached hydrogens (tertiary/aromatic N) is 3. The van der Waals surface area contributed by atoms with Gasteiger partial charge in [0.2, 0.25) is 0 Å². The average Bonchev–Trinajstić information content (AvgIpc) is 2.90. The third kappa shape index (κ3) is 2.40. The minimum atomic E-state index is 0.253. The highest BCUT2D eigenvalue weighted by Crippen LogP contribution is 2.32. The van der Waals surface area contributed by atoms with Crippen molar-refractivity contribution in [2.45, 2.75) is 51.1 Å². The Morgan fingerprint density at radius 3 is 2.90 bits per heavy atom. The molecule has 0 aromatic carbocycles. The third-order valence-electron chi connectivity index (χ3n) is 4.32. The topological polar surface area (TPSA) is 55.0 Å². The first-order chi connectivity index (χ1) is 9.70. The molecule has 2 heterocycles. The summed E-state index contributed by atoms with van der Waals surface area (Å²) in [5.41, 5.74) is 6.31. The van der Waals surface area contributed by atoms with Crippen molar-refractivity contribution >= 4 is 27.4 Å². The molecule has 20 heavy (non-hydrogen) atoms. The number of thiophene rings is 1. The van der Waals surface area contributed by atoms with Gasteiger partial charge in [-0.05, 0) is 25.3 Å². The van der Waals surface area contributed by atoms with E-state index in [-0.39, 0.29) is 6.04 Å². The summed E-state index contributed by atoms with van der Waals surface area (Å²) in [7, 11) is 2.13. The summed E-state index contributed by atoms with van der Waals surface area (Å²) < 4.78 is 0. The number of anilines is 1. The zero-order valence-electron chi connectivity index (χ0n) is 12.2. The molecule has 4 nitrogen and oxygen atoms in total. The van der Waals surface area contributed by atoms with Gasteiger partial charge in [0.05, 0.1) is 5.39 Å². The van der Waals surface area contributed by atoms with Crippen LogP contribution in [0.4, 0.5) is 5.82 Å². The molecule has 2 aromatic rings. The van der Waals surface area contributed by atoms with Crippen molar-refractivity contribution in [1.82, 2.24) is 9.97 Å². The molecular formula is C15H22N4S. The lowest BCUT2D eigenvalue weighted by Gasteiger charge is -2.36. The van der Waals surface area contributed by atoms with Crippen LogP contribution in [-0.4, -0.2) is 29.1 Å². The molecule has 2 unspecified atom stereocenters. The Balaban J connectivity index is 1.98. The lowest BCUT2D eigenvalue weighted by molar-refractivity contribution is 0.373. The minimum Gasteiger partial charge on any atom is -0.354 e. The van der Waals surface area contributed by atoms with Crippen LogP contribution in [-0.2, 0) is 6.42 Å². The molecule has 2 aromatic heterocycles. The molecule has 0 amide bonds. The molecule has 0 aliphatic heterocycles. The molecule has 1 aliphatic rings. The Labute approximate surface area is 124 Å². The van der Waals surface area contributed by atoms with Crippen LogP contribution in [0.25, 0.3) is 10.2 Å². The van der Waals surface area contributed by atoms with E-state index in [1.165, 1.54) is 23.1 Å². The van der Waals surface area contributed by atoms with E-state index in [4.69, 9.17) is 5.73 Å². The minimum absolute atomic E-state index is 0.253. The van der Waals surface area contributed by atoms with Gasteiger partial charge in [0.1, 0.15) is 17.0 Å². The van der Waals surface area contributed by atoms with Crippen LogP contribution in [0.2, 0.25) is 0 Å². The van der Waals surface area contributed by atoms with E-state index in [1.807, 2.05) is 0 Å². The molecule has 2 atom stereocenters. The number of likely N-dealkylation sites (N-methyl/N-ethyl adjacent to an activating group) is 1. The number of rotatable bonds is 3. The fourth-order valence-corrected chi connectivity index (χ4v) is 4.06. The van der Waals surface area contributed by atoms with Crippen LogP contribution in [0.1, 0.15) is 37.5 Å². The Kier molecular flexibility index (Phi) is 3.89. The van der Waals surface area contributed by atoms with E-state index >= 15 is 0 Å². The third-order valence-corrected chi connectivity index (χ3v) is 5.51. The van der Waals surface area contributed by atoms with E-state index in [1.54, 1.807) is 17.7 Å². The number of aryl methyl sites for hydroxylation is 1. The summed E-state index contributed by atoms with van der Waals surface area (Å²) in [5.74, 6) is 1.04. The fraction of sp³-hybridized carbons (Fsp3) is 0.600. The summed E-state index contributed by atoms with van der Waals surface area (Å²) >= 11 is 1.77. The SMILES string of the molecule is CCc1cc2c(N(C)C3CCCCC3N)ncnc2s1. The summed E-state index contributed by atoms with van der Waals surface area (Å²) in [4.78, 5) is 13.7. The van der Waals surface area contributed by atoms with Crippen molar-refractivity contribution in [3.63, 3.8) is 0 Å². The quantitative estimate of drug-likeness (QED) is 0.944. The monoisotopic (exact) mass is 290 g/mol. The molecule has 0 spiro atoms. The average molecular weight is 290 g/mol. The van der Waals surface area contributed by atoms with E-state index in [2.05, 4.69) is 34.9 Å². The smallest absolute Gasteiger partial charge is 0.140 e. The van der Waals surface area contributed by atoms with Crippen molar-refractivity contribution in [3.05, 3.63) is 17.3 Å². The van der Waals surface area contributed by atoms with E-state index in [0.717, 1.165) is 29.9 Å². The lowest BCUT2D eigenvalue weighted by Crippen LogP contribution is -2.48. The Bertz CT molecular complexity index is 595. The van der Waals surface area contributed by atoms with Gasteiger partial charge in [0.15, 0.2) is 0 Å². The van der Waals surface area contributed by atoms with Gasteiger partial charge >= 0.3 is 0 Å². The van der Waals surface area contributed by atoms with Gasteiger partial charge in [-0.3, -0.25) is 0 Å². The number of aromatic nitrogens is 2. The normalized spacial score (nSPS) is 23.1. The first-order valence-corrected chi connectivity index (χ1v) is 8.24. The van der Waals surface area contributed by atoms with Crippen molar-refractivity contribution < 1.29 is 0 Å². The second kappa shape index (κ2) is 5.66. The highest BCUT2D eigenvalue weighted by Gasteiger charge is 2.27. The molecule has 5 heteroatoms. The predicted octanol–water partition coefficient (Wildman–Crippen LogP) is 2.96. The molecule has 2 N–H and O–H groups in total. The van der Waals surface area contributed by atoms with Crippen molar-refractivity contribution in [2.75, 3.05) is 11.9 Å². The Morgan fingerprint density at radius 1 is 1.35 bits per heavy atom. The summed E-state index contributed by atoms with van der Waals surface area (Å²) in [6, 6.07) is 2.88. The number of fused-ring (bicyclic) bond motifs is 1. The fourth-order valence-electron chi connectivity index (χ4n) is 3.13. The second-order valence-electron chi connectivity index (χ2n) is 5.61. The van der Waals surface area contributed by atoms with Gasteiger partial charge in [-0.1, -0.05) is 19.8 Å². The molecule has 108 valence electrons. The molecule has 3 rings (SSSR count). The van der Waals surface area contributed by atoms with Crippen LogP contribution >= 0.6 is 11.3 Å². The Hall–Kier alpha value is -1.20. The van der Waals surface area contributed by atoms with Crippen LogP contribution < -0.4 is 10.6 Å². The van der Waals surface area contributed by atoms with Gasteiger partial charge in [-0.25, -0.2) is 9.97 Å². The zero-order chi connectivity index (χ0) is 14.1. The zero-order valence-corrected chi connectivity index (χ0v) is 13.0. The van der Waals surface area contributed by atoms with Crippen molar-refractivity contribution in [1.29, 1.82) is 0 Å². The second-order valence-corrected chi connectivity index (χ2v) is 6.72. The number of nitrogens with two attached hydrogens (primary N) is 1. The van der Waals surface area contributed by atoms with Crippen molar-refractivity contribution in [2.24, 2.45) is 5.73 Å². The van der Waals surface area contributed by atoms with Crippen LogP contribution in [0.15, 0.2) is 12.4 Å².